The van der Waals surface area contributed by atoms with Crippen LogP contribution in [-0.4, -0.2) is 34.7 Å². The molecule has 0 saturated heterocycles. The summed E-state index contributed by atoms with van der Waals surface area (Å²) < 4.78 is 10.4. The van der Waals surface area contributed by atoms with Crippen molar-refractivity contribution in [2.45, 2.75) is 11.6 Å². The Morgan fingerprint density at radius 3 is 3.06 bits per heavy atom. The molecule has 6 heteroatoms. The second-order valence-electron chi connectivity index (χ2n) is 3.30. The van der Waals surface area contributed by atoms with Gasteiger partial charge in [0, 0.05) is 24.8 Å². The topological polar surface area (TPSA) is 61.0 Å². The van der Waals surface area contributed by atoms with E-state index >= 15 is 0 Å². The van der Waals surface area contributed by atoms with Crippen LogP contribution in [0.5, 0.6) is 0 Å². The summed E-state index contributed by atoms with van der Waals surface area (Å²) in [5.74, 6) is 1.39. The number of ether oxygens (including phenoxy) is 1. The fraction of sp³-hybridized carbons (Fsp3) is 0.364. The number of rotatable bonds is 6. The predicted molar refractivity (Wildman–Crippen MR) is 63.9 cm³/mol. The molecule has 0 aliphatic heterocycles. The van der Waals surface area contributed by atoms with Gasteiger partial charge in [-0.05, 0) is 12.1 Å². The van der Waals surface area contributed by atoms with Crippen LogP contribution in [0.4, 0.5) is 0 Å². The summed E-state index contributed by atoms with van der Waals surface area (Å²) in [6.45, 7) is 0.669. The molecule has 0 aliphatic rings. The molecule has 2 heterocycles. The van der Waals surface area contributed by atoms with Crippen molar-refractivity contribution < 1.29 is 9.15 Å². The van der Waals surface area contributed by atoms with Gasteiger partial charge in [-0.1, -0.05) is 17.8 Å². The van der Waals surface area contributed by atoms with Gasteiger partial charge in [0.1, 0.15) is 0 Å². The molecule has 2 aromatic heterocycles. The van der Waals surface area contributed by atoms with Crippen molar-refractivity contribution in [3.63, 3.8) is 0 Å². The van der Waals surface area contributed by atoms with E-state index in [1.165, 1.54) is 11.8 Å². The lowest BCUT2D eigenvalue weighted by molar-refractivity contribution is 0.218. The van der Waals surface area contributed by atoms with Crippen LogP contribution in [0, 0.1) is 0 Å². The number of hydrogen-bond acceptors (Lipinski definition) is 6. The lowest BCUT2D eigenvalue weighted by Gasteiger charge is -1.95. The predicted octanol–water partition coefficient (Wildman–Crippen LogP) is 1.79. The summed E-state index contributed by atoms with van der Waals surface area (Å²) in [4.78, 5) is 4.20. The molecule has 5 nitrogen and oxygen atoms in total. The maximum atomic E-state index is 5.48. The van der Waals surface area contributed by atoms with Crippen LogP contribution in [0.15, 0.2) is 34.0 Å². The third kappa shape index (κ3) is 3.83. The van der Waals surface area contributed by atoms with Crippen molar-refractivity contribution in [2.75, 3.05) is 19.5 Å². The summed E-state index contributed by atoms with van der Waals surface area (Å²) in [7, 11) is 1.67. The zero-order valence-electron chi connectivity index (χ0n) is 9.50. The van der Waals surface area contributed by atoms with E-state index < -0.39 is 0 Å². The standard InChI is InChI=1S/C11H13N3O2S/c1-15-6-7-17-11-14-13-10(16-11)8-9-4-2-3-5-12-9/h2-5H,6-8H2,1H3. The largest absolute Gasteiger partial charge is 0.416 e. The van der Waals surface area contributed by atoms with Gasteiger partial charge in [-0.15, -0.1) is 10.2 Å². The first-order chi connectivity index (χ1) is 8.38. The molecule has 0 radical (unpaired) electrons. The van der Waals surface area contributed by atoms with E-state index in [1.54, 1.807) is 13.3 Å². The number of thioether (sulfide) groups is 1. The molecule has 17 heavy (non-hydrogen) atoms. The lowest BCUT2D eigenvalue weighted by atomic mass is 10.3. The molecule has 0 fully saturated rings. The second-order valence-corrected chi connectivity index (χ2v) is 4.35. The molecule has 0 amide bonds. The van der Waals surface area contributed by atoms with Gasteiger partial charge in [-0.25, -0.2) is 0 Å². The molecular weight excluding hydrogens is 238 g/mol. The SMILES string of the molecule is COCCSc1nnc(Cc2ccccn2)o1. The highest BCUT2D eigenvalue weighted by atomic mass is 32.2. The molecular formula is C11H13N3O2S. The minimum atomic E-state index is 0.568. The summed E-state index contributed by atoms with van der Waals surface area (Å²) in [6.07, 6.45) is 2.32. The minimum Gasteiger partial charge on any atom is -0.416 e. The molecule has 0 aromatic carbocycles. The highest BCUT2D eigenvalue weighted by Gasteiger charge is 2.07. The maximum absolute atomic E-state index is 5.48. The normalized spacial score (nSPS) is 10.6. The molecule has 90 valence electrons. The number of pyridine rings is 1. The molecule has 0 N–H and O–H groups in total. The average Bonchev–Trinajstić information content (AvgIpc) is 2.79. The Kier molecular flexibility index (Phi) is 4.52. The van der Waals surface area contributed by atoms with Crippen molar-refractivity contribution in [2.24, 2.45) is 0 Å². The molecule has 0 saturated carbocycles. The highest BCUT2D eigenvalue weighted by Crippen LogP contribution is 2.16. The smallest absolute Gasteiger partial charge is 0.276 e. The molecule has 2 aromatic rings. The van der Waals surface area contributed by atoms with Gasteiger partial charge >= 0.3 is 0 Å². The Hall–Kier alpha value is -1.40. The first-order valence-electron chi connectivity index (χ1n) is 5.22. The molecule has 2 rings (SSSR count). The van der Waals surface area contributed by atoms with E-state index in [9.17, 15) is 0 Å². The number of nitrogens with zero attached hydrogens (tertiary/aromatic N) is 3. The van der Waals surface area contributed by atoms with Crippen molar-refractivity contribution in [1.29, 1.82) is 0 Å². The Morgan fingerprint density at radius 2 is 2.29 bits per heavy atom. The van der Waals surface area contributed by atoms with Crippen LogP contribution in [-0.2, 0) is 11.2 Å². The summed E-state index contributed by atoms with van der Waals surface area (Å²) in [5.41, 5.74) is 0.921. The molecule has 0 atom stereocenters. The first-order valence-corrected chi connectivity index (χ1v) is 6.21. The quantitative estimate of drug-likeness (QED) is 0.576. The summed E-state index contributed by atoms with van der Waals surface area (Å²) >= 11 is 1.49. The van der Waals surface area contributed by atoms with Gasteiger partial charge in [0.25, 0.3) is 5.22 Å². The van der Waals surface area contributed by atoms with Crippen LogP contribution < -0.4 is 0 Å². The minimum absolute atomic E-state index is 0.568. The number of hydrogen-bond donors (Lipinski definition) is 0. The lowest BCUT2D eigenvalue weighted by Crippen LogP contribution is -1.91. The Morgan fingerprint density at radius 1 is 1.35 bits per heavy atom. The van der Waals surface area contributed by atoms with Crippen LogP contribution in [0.25, 0.3) is 0 Å². The van der Waals surface area contributed by atoms with Crippen molar-refractivity contribution in [3.8, 4) is 0 Å². The van der Waals surface area contributed by atoms with Crippen LogP contribution in [0.1, 0.15) is 11.6 Å². The van der Waals surface area contributed by atoms with Crippen molar-refractivity contribution in [3.05, 3.63) is 36.0 Å². The fourth-order valence-corrected chi connectivity index (χ4v) is 1.92. The van der Waals surface area contributed by atoms with Gasteiger partial charge in [0.05, 0.1) is 13.0 Å². The maximum Gasteiger partial charge on any atom is 0.276 e. The van der Waals surface area contributed by atoms with Crippen molar-refractivity contribution in [1.82, 2.24) is 15.2 Å². The number of aromatic nitrogens is 3. The van der Waals surface area contributed by atoms with E-state index in [1.807, 2.05) is 18.2 Å². The highest BCUT2D eigenvalue weighted by molar-refractivity contribution is 7.99. The molecule has 0 aliphatic carbocycles. The zero-order valence-corrected chi connectivity index (χ0v) is 10.3. The van der Waals surface area contributed by atoms with Crippen LogP contribution in [0.2, 0.25) is 0 Å². The third-order valence-corrected chi connectivity index (χ3v) is 2.80. The monoisotopic (exact) mass is 251 g/mol. The van der Waals surface area contributed by atoms with E-state index in [2.05, 4.69) is 15.2 Å². The molecule has 0 spiro atoms. The second kappa shape index (κ2) is 6.36. The van der Waals surface area contributed by atoms with Crippen LogP contribution >= 0.6 is 11.8 Å². The van der Waals surface area contributed by atoms with Crippen molar-refractivity contribution >= 4 is 11.8 Å². The van der Waals surface area contributed by atoms with Gasteiger partial charge in [-0.2, -0.15) is 0 Å². The fourth-order valence-electron chi connectivity index (χ4n) is 1.24. The third-order valence-electron chi connectivity index (χ3n) is 2.02. The first kappa shape index (κ1) is 12.1. The summed E-state index contributed by atoms with van der Waals surface area (Å²) in [6, 6.07) is 5.75. The van der Waals surface area contributed by atoms with E-state index in [0.717, 1.165) is 11.4 Å². The van der Waals surface area contributed by atoms with E-state index in [-0.39, 0.29) is 0 Å². The van der Waals surface area contributed by atoms with Gasteiger partial charge in [0.2, 0.25) is 5.89 Å². The summed E-state index contributed by atoms with van der Waals surface area (Å²) in [5, 5.41) is 8.50. The Bertz CT molecular complexity index is 447. The molecule has 0 bridgehead atoms. The Labute approximate surface area is 104 Å². The Balaban J connectivity index is 1.90. The van der Waals surface area contributed by atoms with E-state index in [4.69, 9.17) is 9.15 Å². The zero-order chi connectivity index (χ0) is 11.9. The van der Waals surface area contributed by atoms with Gasteiger partial charge < -0.3 is 9.15 Å². The van der Waals surface area contributed by atoms with Gasteiger partial charge in [0.15, 0.2) is 0 Å². The number of methoxy groups -OCH3 is 1. The van der Waals surface area contributed by atoms with Crippen LogP contribution in [0.3, 0.4) is 0 Å². The molecule has 0 unspecified atom stereocenters. The average molecular weight is 251 g/mol. The van der Waals surface area contributed by atoms with Gasteiger partial charge in [-0.3, -0.25) is 4.98 Å². The van der Waals surface area contributed by atoms with E-state index in [0.29, 0.717) is 24.1 Å².